The van der Waals surface area contributed by atoms with E-state index < -0.39 is 0 Å². The molecule has 51 heavy (non-hydrogen) atoms. The van der Waals surface area contributed by atoms with Crippen molar-refractivity contribution < 1.29 is 18.9 Å². The Morgan fingerprint density at radius 1 is 0.412 bits per heavy atom. The fourth-order valence-electron chi connectivity index (χ4n) is 6.09. The van der Waals surface area contributed by atoms with Gasteiger partial charge in [0.25, 0.3) is 0 Å². The topological polar surface area (TPSA) is 93.4 Å². The van der Waals surface area contributed by atoms with Crippen LogP contribution >= 0.6 is 0 Å². The number of hydrogen-bond acceptors (Lipinski definition) is 8. The van der Waals surface area contributed by atoms with Gasteiger partial charge >= 0.3 is 0 Å². The van der Waals surface area contributed by atoms with Crippen LogP contribution in [-0.4, -0.2) is 24.5 Å². The van der Waals surface area contributed by atoms with Crippen molar-refractivity contribution in [2.75, 3.05) is 0 Å². The number of aryl methyl sites for hydroxylation is 4. The Bertz CT molecular complexity index is 2360. The van der Waals surface area contributed by atoms with Crippen molar-refractivity contribution in [2.45, 2.75) is 27.7 Å². The highest BCUT2D eigenvalue weighted by Gasteiger charge is 2.18. The van der Waals surface area contributed by atoms with Gasteiger partial charge in [0, 0.05) is 72.0 Å². The van der Waals surface area contributed by atoms with Gasteiger partial charge < -0.3 is 18.9 Å². The SMILES string of the molecule is Cc1cc(C)c(Oc2ccccn2)cc1Oc1ccc2c3ccc(Oc4cc(Oc5ccccn5)c(C)cc4C)cc3n(-c3ncccn3)c2c1. The Morgan fingerprint density at radius 2 is 0.843 bits per heavy atom. The van der Waals surface area contributed by atoms with Gasteiger partial charge in [0.15, 0.2) is 0 Å². The molecule has 8 aromatic rings. The number of aromatic nitrogens is 5. The lowest BCUT2D eigenvalue weighted by Gasteiger charge is -2.14. The van der Waals surface area contributed by atoms with E-state index in [4.69, 9.17) is 18.9 Å². The van der Waals surface area contributed by atoms with E-state index in [-0.39, 0.29) is 0 Å². The summed E-state index contributed by atoms with van der Waals surface area (Å²) in [5.74, 6) is 5.59. The largest absolute Gasteiger partial charge is 0.457 e. The summed E-state index contributed by atoms with van der Waals surface area (Å²) in [6, 6.07) is 32.9. The second kappa shape index (κ2) is 13.3. The number of nitrogens with zero attached hydrogens (tertiary/aromatic N) is 5. The third kappa shape index (κ3) is 6.40. The van der Waals surface area contributed by atoms with Crippen molar-refractivity contribution in [3.63, 3.8) is 0 Å². The van der Waals surface area contributed by atoms with Crippen molar-refractivity contribution in [1.82, 2.24) is 24.5 Å². The highest BCUT2D eigenvalue weighted by Crippen LogP contribution is 2.40. The first-order valence-electron chi connectivity index (χ1n) is 16.5. The predicted octanol–water partition coefficient (Wildman–Crippen LogP) is 10.8. The third-order valence-corrected chi connectivity index (χ3v) is 8.57. The molecular weight excluding hydrogens is 638 g/mol. The van der Waals surface area contributed by atoms with Crippen LogP contribution in [0.4, 0.5) is 0 Å². The van der Waals surface area contributed by atoms with Crippen LogP contribution in [0.5, 0.6) is 46.3 Å². The molecule has 0 fully saturated rings. The first kappa shape index (κ1) is 31.5. The van der Waals surface area contributed by atoms with Crippen molar-refractivity contribution in [3.8, 4) is 52.2 Å². The van der Waals surface area contributed by atoms with Gasteiger partial charge in [-0.25, -0.2) is 19.9 Å². The van der Waals surface area contributed by atoms with Crippen molar-refractivity contribution in [3.05, 3.63) is 150 Å². The Morgan fingerprint density at radius 3 is 1.27 bits per heavy atom. The number of rotatable bonds is 9. The molecule has 0 saturated carbocycles. The molecule has 0 aliphatic carbocycles. The minimum atomic E-state index is 0.517. The number of pyridine rings is 2. The zero-order valence-corrected chi connectivity index (χ0v) is 28.5. The fourth-order valence-corrected chi connectivity index (χ4v) is 6.09. The smallest absolute Gasteiger partial charge is 0.234 e. The Labute approximate surface area is 294 Å². The highest BCUT2D eigenvalue weighted by atomic mass is 16.5. The summed E-state index contributed by atoms with van der Waals surface area (Å²) in [5, 5.41) is 2.04. The summed E-state index contributed by atoms with van der Waals surface area (Å²) in [6.07, 6.45) is 6.88. The van der Waals surface area contributed by atoms with E-state index in [2.05, 4.69) is 32.1 Å². The molecule has 0 saturated heterocycles. The Balaban J connectivity index is 1.17. The monoisotopic (exact) mass is 671 g/mol. The normalized spacial score (nSPS) is 11.1. The minimum absolute atomic E-state index is 0.517. The summed E-state index contributed by atoms with van der Waals surface area (Å²) in [6.45, 7) is 8.05. The molecule has 0 bridgehead atoms. The number of ether oxygens (including phenoxy) is 4. The fraction of sp³-hybridized carbons (Fsp3) is 0.0952. The van der Waals surface area contributed by atoms with E-state index in [9.17, 15) is 0 Å². The lowest BCUT2D eigenvalue weighted by Crippen LogP contribution is -2.00. The number of benzene rings is 4. The predicted molar refractivity (Wildman–Crippen MR) is 197 cm³/mol. The molecule has 0 radical (unpaired) electrons. The average Bonchev–Trinajstić information content (AvgIpc) is 3.46. The van der Waals surface area contributed by atoms with Gasteiger partial charge in [0.1, 0.15) is 34.5 Å². The van der Waals surface area contributed by atoms with Gasteiger partial charge in [-0.05, 0) is 105 Å². The second-order valence-corrected chi connectivity index (χ2v) is 12.3. The lowest BCUT2D eigenvalue weighted by molar-refractivity contribution is 0.444. The maximum absolute atomic E-state index is 6.52. The van der Waals surface area contributed by atoms with Crippen LogP contribution < -0.4 is 18.9 Å². The van der Waals surface area contributed by atoms with Gasteiger partial charge in [0.05, 0.1) is 11.0 Å². The van der Waals surface area contributed by atoms with Crippen LogP contribution in [0.2, 0.25) is 0 Å². The maximum atomic E-state index is 6.52. The van der Waals surface area contributed by atoms with E-state index in [0.717, 1.165) is 44.1 Å². The minimum Gasteiger partial charge on any atom is -0.457 e. The van der Waals surface area contributed by atoms with Gasteiger partial charge in [0.2, 0.25) is 17.7 Å². The van der Waals surface area contributed by atoms with Gasteiger partial charge in [-0.15, -0.1) is 0 Å². The van der Waals surface area contributed by atoms with Crippen LogP contribution in [0.25, 0.3) is 27.8 Å². The summed E-state index contributed by atoms with van der Waals surface area (Å²) in [4.78, 5) is 17.9. The van der Waals surface area contributed by atoms with Crippen molar-refractivity contribution in [1.29, 1.82) is 0 Å². The Kier molecular flexibility index (Phi) is 8.21. The summed E-state index contributed by atoms with van der Waals surface area (Å²) >= 11 is 0. The van der Waals surface area contributed by atoms with Gasteiger partial charge in [-0.1, -0.05) is 12.1 Å². The molecule has 0 atom stereocenters. The number of fused-ring (bicyclic) bond motifs is 3. The van der Waals surface area contributed by atoms with Crippen LogP contribution in [0, 0.1) is 27.7 Å². The molecule has 0 aliphatic rings. The molecule has 9 heteroatoms. The van der Waals surface area contributed by atoms with E-state index in [1.165, 1.54) is 0 Å². The van der Waals surface area contributed by atoms with Crippen LogP contribution in [0.1, 0.15) is 22.3 Å². The first-order valence-corrected chi connectivity index (χ1v) is 16.5. The maximum Gasteiger partial charge on any atom is 0.234 e. The molecule has 4 aromatic heterocycles. The van der Waals surface area contributed by atoms with Crippen LogP contribution in [0.3, 0.4) is 0 Å². The average molecular weight is 672 g/mol. The number of hydrogen-bond donors (Lipinski definition) is 0. The molecule has 9 nitrogen and oxygen atoms in total. The summed E-state index contributed by atoms with van der Waals surface area (Å²) in [7, 11) is 0. The van der Waals surface area contributed by atoms with Crippen LogP contribution in [-0.2, 0) is 0 Å². The molecule has 0 spiro atoms. The molecule has 0 N–H and O–H groups in total. The van der Waals surface area contributed by atoms with Gasteiger partial charge in [-0.3, -0.25) is 4.57 Å². The zero-order valence-electron chi connectivity index (χ0n) is 28.5. The molecule has 0 amide bonds. The zero-order chi connectivity index (χ0) is 34.9. The Hall–Kier alpha value is -6.74. The summed E-state index contributed by atoms with van der Waals surface area (Å²) < 4.78 is 27.3. The van der Waals surface area contributed by atoms with E-state index in [1.54, 1.807) is 30.9 Å². The van der Waals surface area contributed by atoms with E-state index in [0.29, 0.717) is 52.2 Å². The molecule has 8 rings (SSSR count). The van der Waals surface area contributed by atoms with E-state index in [1.807, 2.05) is 117 Å². The highest BCUT2D eigenvalue weighted by molar-refractivity contribution is 6.09. The molecule has 4 heterocycles. The van der Waals surface area contributed by atoms with Gasteiger partial charge in [-0.2, -0.15) is 0 Å². The first-order chi connectivity index (χ1) is 24.9. The standard InChI is InChI=1S/C42H33N5O4/c1-26-20-28(3)38(50-40-10-5-7-16-43-40)24-36(26)48-30-12-14-32-33-15-13-31(23-35(33)47(34(32)22-30)42-45-18-9-19-46-42)49-37-25-39(29(4)21-27(37)2)51-41-11-6-8-17-44-41/h5-25H,1-4H3. The lowest BCUT2D eigenvalue weighted by atomic mass is 10.1. The quantitative estimate of drug-likeness (QED) is 0.150. The molecule has 250 valence electrons. The van der Waals surface area contributed by atoms with Crippen molar-refractivity contribution in [2.24, 2.45) is 0 Å². The van der Waals surface area contributed by atoms with Crippen LogP contribution in [0.15, 0.2) is 128 Å². The molecule has 0 unspecified atom stereocenters. The third-order valence-electron chi connectivity index (χ3n) is 8.57. The second-order valence-electron chi connectivity index (χ2n) is 12.3. The van der Waals surface area contributed by atoms with E-state index >= 15 is 0 Å². The van der Waals surface area contributed by atoms with Crippen molar-refractivity contribution >= 4 is 21.8 Å². The molecule has 4 aromatic carbocycles. The summed E-state index contributed by atoms with van der Waals surface area (Å²) in [5.41, 5.74) is 5.71. The molecular formula is C42H33N5O4. The molecule has 0 aliphatic heterocycles.